The molecule has 0 saturated carbocycles. The number of nitrogens with zero attached hydrogens (tertiary/aromatic N) is 2. The molecular formula is C22H24N2O4S. The van der Waals surface area contributed by atoms with Gasteiger partial charge in [-0.15, -0.1) is 0 Å². The van der Waals surface area contributed by atoms with Gasteiger partial charge >= 0.3 is 0 Å². The number of hydrogen-bond donors (Lipinski definition) is 0. The van der Waals surface area contributed by atoms with Gasteiger partial charge in [0, 0.05) is 37.3 Å². The predicted octanol–water partition coefficient (Wildman–Crippen LogP) is 2.74. The zero-order valence-electron chi connectivity index (χ0n) is 16.4. The van der Waals surface area contributed by atoms with Gasteiger partial charge in [-0.3, -0.25) is 9.59 Å². The Labute approximate surface area is 171 Å². The number of sulfone groups is 1. The molecule has 0 aromatic heterocycles. The number of carbonyl (C=O) groups is 2. The first-order valence-corrected chi connectivity index (χ1v) is 11.6. The number of rotatable bonds is 5. The highest BCUT2D eigenvalue weighted by Gasteiger charge is 2.28. The Morgan fingerprint density at radius 1 is 0.897 bits per heavy atom. The maximum atomic E-state index is 12.8. The summed E-state index contributed by atoms with van der Waals surface area (Å²) in [6.07, 6.45) is 1.82. The van der Waals surface area contributed by atoms with Crippen molar-refractivity contribution in [2.45, 2.75) is 37.5 Å². The fourth-order valence-electron chi connectivity index (χ4n) is 4.09. The molecule has 2 aliphatic rings. The number of hydrogen-bond acceptors (Lipinski definition) is 4. The van der Waals surface area contributed by atoms with Crippen molar-refractivity contribution >= 4 is 33.0 Å². The number of anilines is 2. The highest BCUT2D eigenvalue weighted by molar-refractivity contribution is 7.91. The van der Waals surface area contributed by atoms with E-state index in [9.17, 15) is 18.0 Å². The SMILES string of the molecule is CCC(=O)N1CCc2cc(S(=O)(=O)CCC(=O)N3CCc4ccccc43)ccc21. The number of benzene rings is 2. The van der Waals surface area contributed by atoms with E-state index in [1.54, 1.807) is 28.0 Å². The quantitative estimate of drug-likeness (QED) is 0.757. The van der Waals surface area contributed by atoms with Gasteiger partial charge in [0.15, 0.2) is 9.84 Å². The summed E-state index contributed by atoms with van der Waals surface area (Å²) in [4.78, 5) is 28.3. The van der Waals surface area contributed by atoms with Crippen LogP contribution in [0, 0.1) is 0 Å². The molecule has 7 heteroatoms. The first kappa shape index (κ1) is 19.6. The second-order valence-electron chi connectivity index (χ2n) is 7.43. The molecule has 2 aromatic carbocycles. The van der Waals surface area contributed by atoms with Crippen LogP contribution in [-0.2, 0) is 32.3 Å². The van der Waals surface area contributed by atoms with Crippen LogP contribution in [0.4, 0.5) is 11.4 Å². The molecule has 0 N–H and O–H groups in total. The minimum Gasteiger partial charge on any atom is -0.312 e. The average Bonchev–Trinajstić information content (AvgIpc) is 3.35. The highest BCUT2D eigenvalue weighted by Crippen LogP contribution is 2.32. The van der Waals surface area contributed by atoms with Crippen LogP contribution in [-0.4, -0.2) is 39.1 Å². The third-order valence-electron chi connectivity index (χ3n) is 5.68. The first-order chi connectivity index (χ1) is 13.9. The van der Waals surface area contributed by atoms with E-state index in [1.807, 2.05) is 31.2 Å². The number of amides is 2. The Kier molecular flexibility index (Phi) is 5.17. The monoisotopic (exact) mass is 412 g/mol. The first-order valence-electron chi connectivity index (χ1n) is 9.95. The van der Waals surface area contributed by atoms with E-state index in [0.717, 1.165) is 28.9 Å². The molecule has 2 aliphatic heterocycles. The van der Waals surface area contributed by atoms with Crippen LogP contribution in [0.1, 0.15) is 30.9 Å². The minimum absolute atomic E-state index is 0.0378. The van der Waals surface area contributed by atoms with E-state index in [0.29, 0.717) is 25.9 Å². The van der Waals surface area contributed by atoms with E-state index in [2.05, 4.69) is 0 Å². The smallest absolute Gasteiger partial charge is 0.228 e. The largest absolute Gasteiger partial charge is 0.312 e. The van der Waals surface area contributed by atoms with E-state index in [4.69, 9.17) is 0 Å². The number of para-hydroxylation sites is 1. The lowest BCUT2D eigenvalue weighted by Gasteiger charge is -2.18. The molecule has 0 saturated heterocycles. The van der Waals surface area contributed by atoms with Crippen LogP contribution in [0.3, 0.4) is 0 Å². The van der Waals surface area contributed by atoms with Crippen LogP contribution in [0.2, 0.25) is 0 Å². The van der Waals surface area contributed by atoms with Gasteiger partial charge in [0.1, 0.15) is 0 Å². The molecule has 152 valence electrons. The Balaban J connectivity index is 1.46. The summed E-state index contributed by atoms with van der Waals surface area (Å²) in [5, 5.41) is 0. The summed E-state index contributed by atoms with van der Waals surface area (Å²) >= 11 is 0. The van der Waals surface area contributed by atoms with Crippen LogP contribution < -0.4 is 9.80 Å². The summed E-state index contributed by atoms with van der Waals surface area (Å²) in [6.45, 7) is 2.99. The van der Waals surface area contributed by atoms with Crippen molar-refractivity contribution < 1.29 is 18.0 Å². The molecule has 0 unspecified atom stereocenters. The topological polar surface area (TPSA) is 74.8 Å². The molecule has 0 bridgehead atoms. The van der Waals surface area contributed by atoms with Crippen LogP contribution in [0.15, 0.2) is 47.4 Å². The molecule has 29 heavy (non-hydrogen) atoms. The molecule has 2 heterocycles. The summed E-state index contributed by atoms with van der Waals surface area (Å²) in [5.41, 5.74) is 3.66. The van der Waals surface area contributed by atoms with Gasteiger partial charge in [-0.2, -0.15) is 0 Å². The molecule has 0 aliphatic carbocycles. The Morgan fingerprint density at radius 2 is 1.55 bits per heavy atom. The number of carbonyl (C=O) groups excluding carboxylic acids is 2. The van der Waals surface area contributed by atoms with E-state index in [1.165, 1.54) is 0 Å². The maximum Gasteiger partial charge on any atom is 0.228 e. The fraction of sp³-hybridized carbons (Fsp3) is 0.364. The van der Waals surface area contributed by atoms with Crippen molar-refractivity contribution in [2.75, 3.05) is 28.6 Å². The number of fused-ring (bicyclic) bond motifs is 2. The van der Waals surface area contributed by atoms with Gasteiger partial charge in [-0.25, -0.2) is 8.42 Å². The molecule has 6 nitrogen and oxygen atoms in total. The van der Waals surface area contributed by atoms with Gasteiger partial charge in [0.05, 0.1) is 10.6 Å². The minimum atomic E-state index is -3.58. The predicted molar refractivity (Wildman–Crippen MR) is 112 cm³/mol. The molecule has 0 radical (unpaired) electrons. The molecular weight excluding hydrogens is 388 g/mol. The van der Waals surface area contributed by atoms with Gasteiger partial charge in [-0.1, -0.05) is 25.1 Å². The Hall–Kier alpha value is -2.67. The lowest BCUT2D eigenvalue weighted by atomic mass is 10.2. The van der Waals surface area contributed by atoms with Gasteiger partial charge < -0.3 is 9.80 Å². The van der Waals surface area contributed by atoms with Crippen molar-refractivity contribution in [3.63, 3.8) is 0 Å². The van der Waals surface area contributed by atoms with Crippen molar-refractivity contribution in [1.29, 1.82) is 0 Å². The van der Waals surface area contributed by atoms with E-state index in [-0.39, 0.29) is 28.9 Å². The lowest BCUT2D eigenvalue weighted by molar-refractivity contribution is -0.119. The normalized spacial score (nSPS) is 15.3. The van der Waals surface area contributed by atoms with Gasteiger partial charge in [0.25, 0.3) is 0 Å². The molecule has 4 rings (SSSR count). The van der Waals surface area contributed by atoms with Crippen LogP contribution >= 0.6 is 0 Å². The van der Waals surface area contributed by atoms with E-state index < -0.39 is 9.84 Å². The molecule has 2 aromatic rings. The maximum absolute atomic E-state index is 12.8. The summed E-state index contributed by atoms with van der Waals surface area (Å²) < 4.78 is 25.6. The zero-order chi connectivity index (χ0) is 20.6. The van der Waals surface area contributed by atoms with Crippen LogP contribution in [0.25, 0.3) is 0 Å². The highest BCUT2D eigenvalue weighted by atomic mass is 32.2. The van der Waals surface area contributed by atoms with E-state index >= 15 is 0 Å². The van der Waals surface area contributed by atoms with Gasteiger partial charge in [-0.05, 0) is 48.2 Å². The molecule has 0 fully saturated rings. The standard InChI is InChI=1S/C22H24N2O4S/c1-2-21(25)23-13-10-17-15-18(7-8-20(17)23)29(27,28)14-11-22(26)24-12-9-16-5-3-4-6-19(16)24/h3-8,15H,2,9-14H2,1H3. The molecule has 2 amide bonds. The molecule has 0 atom stereocenters. The third-order valence-corrected chi connectivity index (χ3v) is 7.40. The molecule has 0 spiro atoms. The summed E-state index contributed by atoms with van der Waals surface area (Å²) in [5.74, 6) is -0.351. The second kappa shape index (κ2) is 7.63. The second-order valence-corrected chi connectivity index (χ2v) is 9.54. The third kappa shape index (κ3) is 3.67. The lowest BCUT2D eigenvalue weighted by Crippen LogP contribution is -2.30. The van der Waals surface area contributed by atoms with Crippen LogP contribution in [0.5, 0.6) is 0 Å². The average molecular weight is 413 g/mol. The summed E-state index contributed by atoms with van der Waals surface area (Å²) in [6, 6.07) is 12.6. The van der Waals surface area contributed by atoms with Crippen molar-refractivity contribution in [3.8, 4) is 0 Å². The van der Waals surface area contributed by atoms with Crippen molar-refractivity contribution in [2.24, 2.45) is 0 Å². The Bertz CT molecular complexity index is 1080. The Morgan fingerprint density at radius 3 is 2.31 bits per heavy atom. The van der Waals surface area contributed by atoms with Gasteiger partial charge in [0.2, 0.25) is 11.8 Å². The fourth-order valence-corrected chi connectivity index (χ4v) is 5.37. The van der Waals surface area contributed by atoms with Crippen molar-refractivity contribution in [3.05, 3.63) is 53.6 Å². The van der Waals surface area contributed by atoms with Crippen molar-refractivity contribution in [1.82, 2.24) is 0 Å². The zero-order valence-corrected chi connectivity index (χ0v) is 17.2. The summed E-state index contributed by atoms with van der Waals surface area (Å²) in [7, 11) is -3.58.